The van der Waals surface area contributed by atoms with Gasteiger partial charge in [-0.3, -0.25) is 4.79 Å². The molecular formula is C11H14ClN3O. The Kier molecular flexibility index (Phi) is 2.84. The molecule has 1 amide bonds. The highest BCUT2D eigenvalue weighted by Crippen LogP contribution is 2.39. The van der Waals surface area contributed by atoms with Gasteiger partial charge in [0, 0.05) is 5.54 Å². The van der Waals surface area contributed by atoms with Crippen molar-refractivity contribution < 1.29 is 4.79 Å². The Hall–Kier alpha value is -1.16. The van der Waals surface area contributed by atoms with Gasteiger partial charge in [-0.05, 0) is 32.6 Å². The first-order chi connectivity index (χ1) is 7.49. The average molecular weight is 240 g/mol. The summed E-state index contributed by atoms with van der Waals surface area (Å²) < 4.78 is 0. The van der Waals surface area contributed by atoms with E-state index in [-0.39, 0.29) is 16.6 Å². The lowest BCUT2D eigenvalue weighted by Gasteiger charge is -2.25. The van der Waals surface area contributed by atoms with Gasteiger partial charge in [-0.25, -0.2) is 9.97 Å². The molecule has 1 aliphatic rings. The van der Waals surface area contributed by atoms with Gasteiger partial charge in [0.15, 0.2) is 0 Å². The van der Waals surface area contributed by atoms with E-state index in [1.54, 1.807) is 0 Å². The van der Waals surface area contributed by atoms with Crippen LogP contribution in [0, 0.1) is 5.92 Å². The monoisotopic (exact) mass is 239 g/mol. The molecule has 1 heterocycles. The molecule has 5 heteroatoms. The minimum Gasteiger partial charge on any atom is -0.345 e. The molecule has 1 N–H and O–H groups in total. The zero-order valence-corrected chi connectivity index (χ0v) is 10.1. The molecule has 0 saturated heterocycles. The first-order valence-corrected chi connectivity index (χ1v) is 5.67. The van der Waals surface area contributed by atoms with E-state index >= 15 is 0 Å². The third-order valence-electron chi connectivity index (χ3n) is 2.89. The molecule has 86 valence electrons. The molecule has 0 bridgehead atoms. The third kappa shape index (κ3) is 2.50. The van der Waals surface area contributed by atoms with Crippen LogP contribution in [0.5, 0.6) is 0 Å². The lowest BCUT2D eigenvalue weighted by atomic mass is 9.98. The quantitative estimate of drug-likeness (QED) is 0.878. The summed E-state index contributed by atoms with van der Waals surface area (Å²) >= 11 is 5.60. The van der Waals surface area contributed by atoms with Crippen LogP contribution in [0.25, 0.3) is 0 Å². The van der Waals surface area contributed by atoms with Crippen molar-refractivity contribution in [2.75, 3.05) is 0 Å². The van der Waals surface area contributed by atoms with Crippen LogP contribution in [-0.2, 0) is 0 Å². The molecule has 2 rings (SSSR count). The van der Waals surface area contributed by atoms with Crippen molar-refractivity contribution in [3.8, 4) is 0 Å². The molecule has 1 aliphatic carbocycles. The molecule has 16 heavy (non-hydrogen) atoms. The van der Waals surface area contributed by atoms with E-state index in [9.17, 15) is 4.79 Å². The minimum absolute atomic E-state index is 0.168. The lowest BCUT2D eigenvalue weighted by Crippen LogP contribution is -2.45. The maximum atomic E-state index is 11.8. The summed E-state index contributed by atoms with van der Waals surface area (Å²) in [6.45, 7) is 4.07. The van der Waals surface area contributed by atoms with Gasteiger partial charge in [0.1, 0.15) is 10.8 Å². The Morgan fingerprint density at radius 1 is 1.44 bits per heavy atom. The van der Waals surface area contributed by atoms with Crippen LogP contribution in [0.2, 0.25) is 5.15 Å². The van der Waals surface area contributed by atoms with Crippen LogP contribution in [-0.4, -0.2) is 21.4 Å². The van der Waals surface area contributed by atoms with E-state index in [0.29, 0.717) is 11.6 Å². The number of hydrogen-bond acceptors (Lipinski definition) is 3. The summed E-state index contributed by atoms with van der Waals surface area (Å²) in [6, 6.07) is 0. The van der Waals surface area contributed by atoms with Gasteiger partial charge in [0.2, 0.25) is 0 Å². The second-order valence-electron chi connectivity index (χ2n) is 4.67. The van der Waals surface area contributed by atoms with E-state index in [1.165, 1.54) is 25.2 Å². The Morgan fingerprint density at radius 2 is 2.12 bits per heavy atom. The maximum Gasteiger partial charge on any atom is 0.271 e. The molecule has 4 nitrogen and oxygen atoms in total. The van der Waals surface area contributed by atoms with Gasteiger partial charge in [0.05, 0.1) is 12.4 Å². The van der Waals surface area contributed by atoms with Crippen LogP contribution in [0.4, 0.5) is 0 Å². The van der Waals surface area contributed by atoms with Gasteiger partial charge in [-0.2, -0.15) is 0 Å². The molecule has 0 aromatic carbocycles. The summed E-state index contributed by atoms with van der Waals surface area (Å²) in [5.74, 6) is 0.387. The summed E-state index contributed by atoms with van der Waals surface area (Å²) in [5, 5.41) is 3.26. The standard InChI is InChI=1S/C11H14ClN3O/c1-11(2,7-3-4-7)15-10(16)8-5-14-9(12)6-13-8/h5-7H,3-4H2,1-2H3,(H,15,16). The van der Waals surface area contributed by atoms with E-state index in [1.807, 2.05) is 13.8 Å². The number of rotatable bonds is 3. The number of nitrogens with zero attached hydrogens (tertiary/aromatic N) is 2. The van der Waals surface area contributed by atoms with Crippen molar-refractivity contribution in [3.63, 3.8) is 0 Å². The van der Waals surface area contributed by atoms with Crippen LogP contribution >= 0.6 is 11.6 Å². The summed E-state index contributed by atoms with van der Waals surface area (Å²) in [5.41, 5.74) is 0.136. The number of halogens is 1. The predicted molar refractivity (Wildman–Crippen MR) is 61.3 cm³/mol. The third-order valence-corrected chi connectivity index (χ3v) is 3.08. The van der Waals surface area contributed by atoms with Crippen molar-refractivity contribution in [2.45, 2.75) is 32.2 Å². The minimum atomic E-state index is -0.193. The molecule has 0 unspecified atom stereocenters. The average Bonchev–Trinajstić information content (AvgIpc) is 3.01. The number of nitrogens with one attached hydrogen (secondary N) is 1. The zero-order chi connectivity index (χ0) is 11.8. The van der Waals surface area contributed by atoms with Crippen molar-refractivity contribution in [1.82, 2.24) is 15.3 Å². The number of hydrogen-bond donors (Lipinski definition) is 1. The Labute approximate surface area is 99.4 Å². The highest BCUT2D eigenvalue weighted by Gasteiger charge is 2.39. The molecule has 0 atom stereocenters. The Bertz CT molecular complexity index is 398. The first kappa shape index (κ1) is 11.3. The fourth-order valence-electron chi connectivity index (χ4n) is 1.69. The fraction of sp³-hybridized carbons (Fsp3) is 0.545. The predicted octanol–water partition coefficient (Wildman–Crippen LogP) is 2.05. The smallest absolute Gasteiger partial charge is 0.271 e. The molecule has 0 radical (unpaired) electrons. The number of aromatic nitrogens is 2. The SMILES string of the molecule is CC(C)(NC(=O)c1cnc(Cl)cn1)C1CC1. The second-order valence-corrected chi connectivity index (χ2v) is 5.06. The van der Waals surface area contributed by atoms with Gasteiger partial charge in [-0.15, -0.1) is 0 Å². The van der Waals surface area contributed by atoms with Crippen molar-refractivity contribution >= 4 is 17.5 Å². The maximum absolute atomic E-state index is 11.8. The topological polar surface area (TPSA) is 54.9 Å². The highest BCUT2D eigenvalue weighted by atomic mass is 35.5. The number of amides is 1. The van der Waals surface area contributed by atoms with Gasteiger partial charge < -0.3 is 5.32 Å². The molecule has 1 aromatic heterocycles. The van der Waals surface area contributed by atoms with Crippen LogP contribution in [0.1, 0.15) is 37.2 Å². The first-order valence-electron chi connectivity index (χ1n) is 5.29. The Balaban J connectivity index is 2.05. The second kappa shape index (κ2) is 4.01. The van der Waals surface area contributed by atoms with E-state index < -0.39 is 0 Å². The van der Waals surface area contributed by atoms with Gasteiger partial charge in [0.25, 0.3) is 5.91 Å². The summed E-state index contributed by atoms with van der Waals surface area (Å²) in [6.07, 6.45) is 5.13. The van der Waals surface area contributed by atoms with Crippen molar-refractivity contribution in [2.24, 2.45) is 5.92 Å². The number of carbonyl (C=O) groups excluding carboxylic acids is 1. The Morgan fingerprint density at radius 3 is 2.62 bits per heavy atom. The molecule has 1 fully saturated rings. The van der Waals surface area contributed by atoms with Crippen LogP contribution < -0.4 is 5.32 Å². The summed E-state index contributed by atoms with van der Waals surface area (Å²) in [4.78, 5) is 19.6. The largest absolute Gasteiger partial charge is 0.345 e. The van der Waals surface area contributed by atoms with Crippen molar-refractivity contribution in [3.05, 3.63) is 23.2 Å². The normalized spacial score (nSPS) is 15.9. The lowest BCUT2D eigenvalue weighted by molar-refractivity contribution is 0.0898. The van der Waals surface area contributed by atoms with Gasteiger partial charge >= 0.3 is 0 Å². The van der Waals surface area contributed by atoms with E-state index in [2.05, 4.69) is 15.3 Å². The molecular weight excluding hydrogens is 226 g/mol. The van der Waals surface area contributed by atoms with E-state index in [4.69, 9.17) is 11.6 Å². The summed E-state index contributed by atoms with van der Waals surface area (Å²) in [7, 11) is 0. The fourth-order valence-corrected chi connectivity index (χ4v) is 1.79. The van der Waals surface area contributed by atoms with Crippen LogP contribution in [0.3, 0.4) is 0 Å². The number of carbonyl (C=O) groups is 1. The van der Waals surface area contributed by atoms with Gasteiger partial charge in [-0.1, -0.05) is 11.6 Å². The molecule has 1 aromatic rings. The van der Waals surface area contributed by atoms with E-state index in [0.717, 1.165) is 0 Å². The highest BCUT2D eigenvalue weighted by molar-refractivity contribution is 6.29. The molecule has 0 spiro atoms. The molecule has 0 aliphatic heterocycles. The zero-order valence-electron chi connectivity index (χ0n) is 9.33. The van der Waals surface area contributed by atoms with Crippen molar-refractivity contribution in [1.29, 1.82) is 0 Å². The van der Waals surface area contributed by atoms with Crippen LogP contribution in [0.15, 0.2) is 12.4 Å². The molecule has 1 saturated carbocycles.